The van der Waals surface area contributed by atoms with Crippen LogP contribution in [0.25, 0.3) is 16.9 Å². The zero-order chi connectivity index (χ0) is 19.6. The van der Waals surface area contributed by atoms with Gasteiger partial charge in [-0.15, -0.1) is 5.10 Å². The Morgan fingerprint density at radius 3 is 2.63 bits per heavy atom. The topological polar surface area (TPSA) is 130 Å². The lowest BCUT2D eigenvalue weighted by molar-refractivity contribution is -0.135. The lowest BCUT2D eigenvalue weighted by Crippen LogP contribution is -2.30. The number of aromatic hydroxyl groups is 1. The highest BCUT2D eigenvalue weighted by atomic mass is 19.1. The molecule has 0 aliphatic carbocycles. The van der Waals surface area contributed by atoms with Crippen molar-refractivity contribution in [3.63, 3.8) is 0 Å². The Morgan fingerprint density at radius 2 is 1.96 bits per heavy atom. The third-order valence-corrected chi connectivity index (χ3v) is 3.78. The van der Waals surface area contributed by atoms with Crippen molar-refractivity contribution < 1.29 is 24.2 Å². The fraction of sp³-hybridized carbons (Fsp3) is 0.118. The predicted molar refractivity (Wildman–Crippen MR) is 90.9 cm³/mol. The molecule has 10 heteroatoms. The minimum absolute atomic E-state index is 0.288. The van der Waals surface area contributed by atoms with Crippen molar-refractivity contribution in [3.05, 3.63) is 53.7 Å². The van der Waals surface area contributed by atoms with E-state index < -0.39 is 18.4 Å². The number of pyridine rings is 1. The molecule has 0 aliphatic rings. The maximum atomic E-state index is 13.0. The lowest BCUT2D eigenvalue weighted by atomic mass is 10.1. The van der Waals surface area contributed by atoms with Crippen molar-refractivity contribution in [1.29, 1.82) is 0 Å². The highest BCUT2D eigenvalue weighted by molar-refractivity contribution is 5.97. The molecular formula is C17H14FN5O4. The number of nitrogens with one attached hydrogen (secondary N) is 1. The van der Waals surface area contributed by atoms with Gasteiger partial charge in [0.2, 0.25) is 0 Å². The molecule has 3 rings (SSSR count). The first-order valence-electron chi connectivity index (χ1n) is 7.74. The van der Waals surface area contributed by atoms with E-state index in [2.05, 4.69) is 20.6 Å². The van der Waals surface area contributed by atoms with Crippen molar-refractivity contribution in [3.8, 4) is 22.7 Å². The predicted octanol–water partition coefficient (Wildman–Crippen LogP) is 1.30. The number of hydrogen-bond acceptors (Lipinski definition) is 6. The number of halogens is 1. The number of aromatic nitrogens is 4. The van der Waals surface area contributed by atoms with E-state index in [1.807, 2.05) is 0 Å². The number of amides is 1. The number of carbonyl (C=O) groups excluding carboxylic acids is 1. The number of hydrogen-bond donors (Lipinski definition) is 3. The summed E-state index contributed by atoms with van der Waals surface area (Å²) in [5.41, 5.74) is 1.46. The molecule has 0 aliphatic heterocycles. The molecule has 0 atom stereocenters. The number of carboxylic acid groups (broad SMARTS) is 1. The van der Waals surface area contributed by atoms with Crippen LogP contribution < -0.4 is 5.32 Å². The zero-order valence-corrected chi connectivity index (χ0v) is 14.0. The van der Waals surface area contributed by atoms with E-state index in [0.717, 1.165) is 0 Å². The van der Waals surface area contributed by atoms with Crippen molar-refractivity contribution in [2.45, 2.75) is 6.92 Å². The standard InChI is InChI=1S/C17H14FN5O4/c1-9-12(6-19-15(16(9)26)17(27)20-7-14(24)25)13-8-23(22-21-13)11-4-2-10(18)3-5-11/h2-6,8,26H,7H2,1H3,(H,20,27)(H,24,25). The van der Waals surface area contributed by atoms with Crippen LogP contribution in [0.5, 0.6) is 5.75 Å². The molecule has 2 aromatic heterocycles. The first-order chi connectivity index (χ1) is 12.9. The van der Waals surface area contributed by atoms with E-state index >= 15 is 0 Å². The Balaban J connectivity index is 1.90. The number of carboxylic acids is 1. The third-order valence-electron chi connectivity index (χ3n) is 3.78. The second-order valence-corrected chi connectivity index (χ2v) is 5.60. The van der Waals surface area contributed by atoms with Gasteiger partial charge in [0.1, 0.15) is 18.1 Å². The fourth-order valence-electron chi connectivity index (χ4n) is 2.36. The van der Waals surface area contributed by atoms with E-state index in [0.29, 0.717) is 22.5 Å². The molecule has 0 spiro atoms. The third kappa shape index (κ3) is 3.73. The van der Waals surface area contributed by atoms with E-state index in [9.17, 15) is 19.1 Å². The molecule has 0 fully saturated rings. The molecule has 3 N–H and O–H groups in total. The quantitative estimate of drug-likeness (QED) is 0.616. The normalized spacial score (nSPS) is 10.6. The summed E-state index contributed by atoms with van der Waals surface area (Å²) >= 11 is 0. The summed E-state index contributed by atoms with van der Waals surface area (Å²) in [5.74, 6) is -2.78. The van der Waals surface area contributed by atoms with Crippen LogP contribution in [-0.2, 0) is 4.79 Å². The minimum Gasteiger partial charge on any atom is -0.505 e. The van der Waals surface area contributed by atoms with Crippen LogP contribution in [-0.4, -0.2) is 48.6 Å². The monoisotopic (exact) mass is 371 g/mol. The van der Waals surface area contributed by atoms with Gasteiger partial charge < -0.3 is 15.5 Å². The van der Waals surface area contributed by atoms with Gasteiger partial charge in [0.15, 0.2) is 11.4 Å². The van der Waals surface area contributed by atoms with Crippen LogP contribution in [0.15, 0.2) is 36.7 Å². The number of rotatable bonds is 5. The van der Waals surface area contributed by atoms with Crippen molar-refractivity contribution in [2.24, 2.45) is 0 Å². The molecule has 27 heavy (non-hydrogen) atoms. The summed E-state index contributed by atoms with van der Waals surface area (Å²) in [5, 5.41) is 29.0. The zero-order valence-electron chi connectivity index (χ0n) is 14.0. The molecule has 3 aromatic rings. The van der Waals surface area contributed by atoms with Crippen molar-refractivity contribution in [2.75, 3.05) is 6.54 Å². The molecule has 0 bridgehead atoms. The molecule has 138 valence electrons. The summed E-state index contributed by atoms with van der Waals surface area (Å²) in [6.07, 6.45) is 2.91. The highest BCUT2D eigenvalue weighted by Gasteiger charge is 2.19. The first kappa shape index (κ1) is 18.0. The highest BCUT2D eigenvalue weighted by Crippen LogP contribution is 2.29. The van der Waals surface area contributed by atoms with E-state index in [1.54, 1.807) is 13.1 Å². The lowest BCUT2D eigenvalue weighted by Gasteiger charge is -2.09. The molecule has 0 unspecified atom stereocenters. The summed E-state index contributed by atoms with van der Waals surface area (Å²) in [6.45, 7) is 0.976. The van der Waals surface area contributed by atoms with Crippen LogP contribution in [0, 0.1) is 12.7 Å². The van der Waals surface area contributed by atoms with Gasteiger partial charge >= 0.3 is 5.97 Å². The molecule has 0 saturated heterocycles. The minimum atomic E-state index is -1.21. The molecule has 0 saturated carbocycles. The van der Waals surface area contributed by atoms with Gasteiger partial charge in [-0.25, -0.2) is 14.1 Å². The summed E-state index contributed by atoms with van der Waals surface area (Å²) in [6, 6.07) is 5.65. The van der Waals surface area contributed by atoms with Crippen LogP contribution in [0.3, 0.4) is 0 Å². The first-order valence-corrected chi connectivity index (χ1v) is 7.74. The molecule has 1 aromatic carbocycles. The second kappa shape index (κ2) is 7.20. The Bertz CT molecular complexity index is 1020. The largest absolute Gasteiger partial charge is 0.505 e. The maximum Gasteiger partial charge on any atom is 0.322 e. The summed E-state index contributed by atoms with van der Waals surface area (Å²) in [4.78, 5) is 26.4. The van der Waals surface area contributed by atoms with Gasteiger partial charge in [-0.2, -0.15) is 0 Å². The van der Waals surface area contributed by atoms with Crippen molar-refractivity contribution >= 4 is 11.9 Å². The van der Waals surface area contributed by atoms with Gasteiger partial charge in [0.25, 0.3) is 5.91 Å². The number of aliphatic carboxylic acids is 1. The number of carbonyl (C=O) groups is 2. The summed E-state index contributed by atoms with van der Waals surface area (Å²) in [7, 11) is 0. The van der Waals surface area contributed by atoms with E-state index in [1.165, 1.54) is 35.1 Å². The molecule has 1 amide bonds. The van der Waals surface area contributed by atoms with Crippen molar-refractivity contribution in [1.82, 2.24) is 25.3 Å². The number of benzene rings is 1. The maximum absolute atomic E-state index is 13.0. The molecule has 0 radical (unpaired) electrons. The Labute approximate surface area is 152 Å². The average molecular weight is 371 g/mol. The Hall–Kier alpha value is -3.82. The molecule has 9 nitrogen and oxygen atoms in total. The van der Waals surface area contributed by atoms with Gasteiger partial charge in [0, 0.05) is 17.3 Å². The SMILES string of the molecule is Cc1c(-c2cn(-c3ccc(F)cc3)nn2)cnc(C(=O)NCC(=O)O)c1O. The van der Waals surface area contributed by atoms with Crippen LogP contribution in [0.2, 0.25) is 0 Å². The Kier molecular flexibility index (Phi) is 4.79. The fourth-order valence-corrected chi connectivity index (χ4v) is 2.36. The molecule has 2 heterocycles. The van der Waals surface area contributed by atoms with Gasteiger partial charge in [-0.3, -0.25) is 9.59 Å². The summed E-state index contributed by atoms with van der Waals surface area (Å²) < 4.78 is 14.5. The second-order valence-electron chi connectivity index (χ2n) is 5.60. The van der Waals surface area contributed by atoms with Gasteiger partial charge in [-0.1, -0.05) is 5.21 Å². The van der Waals surface area contributed by atoms with Crippen LogP contribution in [0.4, 0.5) is 4.39 Å². The van der Waals surface area contributed by atoms with E-state index in [4.69, 9.17) is 5.11 Å². The van der Waals surface area contributed by atoms with Crippen LogP contribution >= 0.6 is 0 Å². The average Bonchev–Trinajstić information content (AvgIpc) is 3.12. The molecular weight excluding hydrogens is 357 g/mol. The smallest absolute Gasteiger partial charge is 0.322 e. The van der Waals surface area contributed by atoms with Gasteiger partial charge in [0.05, 0.1) is 11.9 Å². The number of nitrogens with zero attached hydrogens (tertiary/aromatic N) is 4. The van der Waals surface area contributed by atoms with Gasteiger partial charge in [-0.05, 0) is 31.2 Å². The Morgan fingerprint density at radius 1 is 1.26 bits per heavy atom. The van der Waals surface area contributed by atoms with Crippen LogP contribution in [0.1, 0.15) is 16.1 Å². The van der Waals surface area contributed by atoms with E-state index in [-0.39, 0.29) is 17.3 Å².